The summed E-state index contributed by atoms with van der Waals surface area (Å²) < 4.78 is 39.4. The highest BCUT2D eigenvalue weighted by Gasteiger charge is 2.15. The third-order valence-corrected chi connectivity index (χ3v) is 2.68. The van der Waals surface area contributed by atoms with Crippen LogP contribution in [0.15, 0.2) is 42.5 Å². The van der Waals surface area contributed by atoms with Crippen LogP contribution in [0.3, 0.4) is 0 Å². The zero-order valence-corrected chi connectivity index (χ0v) is 11.2. The molecule has 2 aromatic rings. The van der Waals surface area contributed by atoms with Gasteiger partial charge in [-0.2, -0.15) is 0 Å². The van der Waals surface area contributed by atoms with Crippen LogP contribution in [0.2, 0.25) is 0 Å². The Balaban J connectivity index is 1.94. The van der Waals surface area contributed by atoms with Crippen LogP contribution in [0.5, 0.6) is 0 Å². The van der Waals surface area contributed by atoms with E-state index in [9.17, 15) is 22.8 Å². The van der Waals surface area contributed by atoms with Crippen LogP contribution in [0.25, 0.3) is 0 Å². The highest BCUT2D eigenvalue weighted by atomic mass is 19.1. The van der Waals surface area contributed by atoms with E-state index in [4.69, 9.17) is 0 Å². The molecule has 0 saturated heterocycles. The summed E-state index contributed by atoms with van der Waals surface area (Å²) in [6.07, 6.45) is -0.634. The first-order valence-corrected chi connectivity index (χ1v) is 6.25. The fourth-order valence-electron chi connectivity index (χ4n) is 1.69. The summed E-state index contributed by atoms with van der Waals surface area (Å²) in [5, 5.41) is 4.36. The summed E-state index contributed by atoms with van der Waals surface area (Å²) in [5.41, 5.74) is -0.307. The van der Waals surface area contributed by atoms with E-state index in [1.54, 1.807) is 0 Å². The van der Waals surface area contributed by atoms with Crippen LogP contribution in [-0.2, 0) is 9.59 Å². The second kappa shape index (κ2) is 6.75. The third-order valence-electron chi connectivity index (χ3n) is 2.68. The normalized spacial score (nSPS) is 10.1. The van der Waals surface area contributed by atoms with Gasteiger partial charge < -0.3 is 10.6 Å². The van der Waals surface area contributed by atoms with Crippen LogP contribution >= 0.6 is 0 Å². The first-order chi connectivity index (χ1) is 10.5. The van der Waals surface area contributed by atoms with Gasteiger partial charge in [-0.05, 0) is 36.4 Å². The van der Waals surface area contributed by atoms with Gasteiger partial charge in [0.05, 0.1) is 0 Å². The van der Waals surface area contributed by atoms with E-state index in [0.717, 1.165) is 30.3 Å². The minimum atomic E-state index is -0.938. The van der Waals surface area contributed by atoms with Crippen molar-refractivity contribution in [1.29, 1.82) is 0 Å². The van der Waals surface area contributed by atoms with Crippen LogP contribution < -0.4 is 10.6 Å². The topological polar surface area (TPSA) is 58.2 Å². The lowest BCUT2D eigenvalue weighted by atomic mass is 10.2. The summed E-state index contributed by atoms with van der Waals surface area (Å²) >= 11 is 0. The summed E-state index contributed by atoms with van der Waals surface area (Å²) in [5.74, 6) is -3.91. The Labute approximate surface area is 124 Å². The third kappa shape index (κ3) is 4.08. The van der Waals surface area contributed by atoms with Crippen LogP contribution in [0.4, 0.5) is 24.5 Å². The molecule has 0 spiro atoms. The molecule has 0 radical (unpaired) electrons. The fraction of sp³-hybridized carbons (Fsp3) is 0.0667. The van der Waals surface area contributed by atoms with E-state index in [0.29, 0.717) is 5.69 Å². The van der Waals surface area contributed by atoms with Crippen molar-refractivity contribution in [2.24, 2.45) is 0 Å². The quantitative estimate of drug-likeness (QED) is 0.853. The molecule has 0 saturated carbocycles. The molecule has 2 N–H and O–H groups in total. The van der Waals surface area contributed by atoms with Crippen molar-refractivity contribution in [2.45, 2.75) is 6.42 Å². The van der Waals surface area contributed by atoms with Crippen LogP contribution in [-0.4, -0.2) is 11.8 Å². The molecular formula is C15H11F3N2O2. The second-order valence-corrected chi connectivity index (χ2v) is 4.38. The Morgan fingerprint density at radius 2 is 1.36 bits per heavy atom. The van der Waals surface area contributed by atoms with E-state index in [1.165, 1.54) is 12.1 Å². The predicted molar refractivity (Wildman–Crippen MR) is 74.6 cm³/mol. The molecule has 0 heterocycles. The van der Waals surface area contributed by atoms with Crippen molar-refractivity contribution in [3.63, 3.8) is 0 Å². The number of nitrogens with one attached hydrogen (secondary N) is 2. The predicted octanol–water partition coefficient (Wildman–Crippen LogP) is 3.07. The number of hydrogen-bond acceptors (Lipinski definition) is 2. The van der Waals surface area contributed by atoms with Gasteiger partial charge in [0.2, 0.25) is 11.8 Å². The number of para-hydroxylation sites is 1. The second-order valence-electron chi connectivity index (χ2n) is 4.38. The van der Waals surface area contributed by atoms with E-state index in [-0.39, 0.29) is 0 Å². The molecule has 0 fully saturated rings. The molecule has 0 aliphatic heterocycles. The number of amides is 2. The number of anilines is 2. The van der Waals surface area contributed by atoms with Gasteiger partial charge in [-0.1, -0.05) is 6.07 Å². The highest BCUT2D eigenvalue weighted by Crippen LogP contribution is 2.18. The van der Waals surface area contributed by atoms with Crippen molar-refractivity contribution in [2.75, 3.05) is 10.6 Å². The van der Waals surface area contributed by atoms with E-state index >= 15 is 0 Å². The Bertz CT molecular complexity index is 682. The molecule has 0 unspecified atom stereocenters. The van der Waals surface area contributed by atoms with Gasteiger partial charge in [0, 0.05) is 5.69 Å². The minimum absolute atomic E-state index is 0.302. The zero-order chi connectivity index (χ0) is 16.1. The Hall–Kier alpha value is -2.83. The maximum absolute atomic E-state index is 13.3. The smallest absolute Gasteiger partial charge is 0.233 e. The van der Waals surface area contributed by atoms with Gasteiger partial charge in [-0.25, -0.2) is 13.2 Å². The molecule has 0 bridgehead atoms. The van der Waals surface area contributed by atoms with Gasteiger partial charge in [0.15, 0.2) is 0 Å². The lowest BCUT2D eigenvalue weighted by Gasteiger charge is -2.08. The Kier molecular flexibility index (Phi) is 4.77. The molecular weight excluding hydrogens is 297 g/mol. The number of halogens is 3. The lowest BCUT2D eigenvalue weighted by molar-refractivity contribution is -0.123. The van der Waals surface area contributed by atoms with Crippen molar-refractivity contribution in [3.8, 4) is 0 Å². The number of carbonyl (C=O) groups excluding carboxylic acids is 2. The maximum atomic E-state index is 13.3. The summed E-state index contributed by atoms with van der Waals surface area (Å²) in [6, 6.07) is 8.05. The first-order valence-electron chi connectivity index (χ1n) is 6.25. The number of carbonyl (C=O) groups is 2. The standard InChI is InChI=1S/C15H11F3N2O2/c16-9-4-6-10(7-5-9)19-13(21)8-14(22)20-15-11(17)2-1-3-12(15)18/h1-7H,8H2,(H,19,21)(H,20,22). The summed E-state index contributed by atoms with van der Waals surface area (Å²) in [4.78, 5) is 23.2. The summed E-state index contributed by atoms with van der Waals surface area (Å²) in [7, 11) is 0. The largest absolute Gasteiger partial charge is 0.326 e. The first kappa shape index (κ1) is 15.6. The van der Waals surface area contributed by atoms with Crippen molar-refractivity contribution in [3.05, 3.63) is 59.9 Å². The van der Waals surface area contributed by atoms with Crippen molar-refractivity contribution < 1.29 is 22.8 Å². The van der Waals surface area contributed by atoms with Gasteiger partial charge >= 0.3 is 0 Å². The zero-order valence-electron chi connectivity index (χ0n) is 11.2. The van der Waals surface area contributed by atoms with Gasteiger partial charge in [0.1, 0.15) is 29.6 Å². The highest BCUT2D eigenvalue weighted by molar-refractivity contribution is 6.08. The Morgan fingerprint density at radius 1 is 0.818 bits per heavy atom. The number of benzene rings is 2. The van der Waals surface area contributed by atoms with Gasteiger partial charge in [0.25, 0.3) is 0 Å². The summed E-state index contributed by atoms with van der Waals surface area (Å²) in [6.45, 7) is 0. The van der Waals surface area contributed by atoms with Crippen molar-refractivity contribution >= 4 is 23.2 Å². The van der Waals surface area contributed by atoms with E-state index in [2.05, 4.69) is 5.32 Å². The van der Waals surface area contributed by atoms with Crippen LogP contribution in [0.1, 0.15) is 6.42 Å². The van der Waals surface area contributed by atoms with Crippen molar-refractivity contribution in [1.82, 2.24) is 0 Å². The number of rotatable bonds is 4. The fourth-order valence-corrected chi connectivity index (χ4v) is 1.69. The lowest BCUT2D eigenvalue weighted by Crippen LogP contribution is -2.22. The molecule has 0 aliphatic rings. The molecule has 7 heteroatoms. The molecule has 0 atom stereocenters. The average molecular weight is 308 g/mol. The van der Waals surface area contributed by atoms with E-state index in [1.807, 2.05) is 5.32 Å². The monoisotopic (exact) mass is 308 g/mol. The molecule has 114 valence electrons. The molecule has 0 aromatic heterocycles. The van der Waals surface area contributed by atoms with E-state index < -0.39 is 41.4 Å². The molecule has 0 aliphatic carbocycles. The molecule has 4 nitrogen and oxygen atoms in total. The molecule has 2 amide bonds. The Morgan fingerprint density at radius 3 is 1.95 bits per heavy atom. The number of hydrogen-bond donors (Lipinski definition) is 2. The van der Waals surface area contributed by atoms with Gasteiger partial charge in [-0.15, -0.1) is 0 Å². The van der Waals surface area contributed by atoms with Crippen LogP contribution in [0, 0.1) is 17.5 Å². The molecule has 2 aromatic carbocycles. The average Bonchev–Trinajstić information content (AvgIpc) is 2.45. The SMILES string of the molecule is O=C(CC(=O)Nc1c(F)cccc1F)Nc1ccc(F)cc1. The minimum Gasteiger partial charge on any atom is -0.326 e. The van der Waals surface area contributed by atoms with Gasteiger partial charge in [-0.3, -0.25) is 9.59 Å². The maximum Gasteiger partial charge on any atom is 0.233 e. The molecule has 2 rings (SSSR count). The molecule has 22 heavy (non-hydrogen) atoms.